The van der Waals surface area contributed by atoms with Crippen LogP contribution in [0.5, 0.6) is 0 Å². The molecule has 0 heterocycles. The molecule has 0 saturated heterocycles. The molecule has 0 fully saturated rings. The average Bonchev–Trinajstić information content (AvgIpc) is 2.07. The maximum Gasteiger partial charge on any atom is 0.269 e. The van der Waals surface area contributed by atoms with Gasteiger partial charge in [-0.2, -0.15) is 0 Å². The Morgan fingerprint density at radius 1 is 1.64 bits per heavy atom. The van der Waals surface area contributed by atoms with Crippen molar-refractivity contribution in [2.75, 3.05) is 0 Å². The topological polar surface area (TPSA) is 63.4 Å². The highest BCUT2D eigenvalue weighted by Crippen LogP contribution is 2.23. The molecule has 0 aliphatic rings. The van der Waals surface area contributed by atoms with Crippen LogP contribution in [0.2, 0.25) is 5.02 Å². The molecule has 1 aromatic rings. The summed E-state index contributed by atoms with van der Waals surface area (Å²) in [6.07, 6.45) is -0.241. The Bertz CT molecular complexity index is 352. The van der Waals surface area contributed by atoms with Crippen molar-refractivity contribution in [2.45, 2.75) is 19.4 Å². The minimum atomic E-state index is -0.561. The number of hydrogen-bond donors (Lipinski definition) is 1. The second-order valence-electron chi connectivity index (χ2n) is 3.09. The lowest BCUT2D eigenvalue weighted by Crippen LogP contribution is -2.05. The lowest BCUT2D eigenvalue weighted by molar-refractivity contribution is -0.384. The fourth-order valence-electron chi connectivity index (χ4n) is 1.15. The van der Waals surface area contributed by atoms with E-state index in [1.165, 1.54) is 18.2 Å². The van der Waals surface area contributed by atoms with E-state index in [0.29, 0.717) is 17.0 Å². The molecule has 1 rings (SSSR count). The highest BCUT2D eigenvalue weighted by atomic mass is 35.5. The van der Waals surface area contributed by atoms with E-state index in [9.17, 15) is 10.1 Å². The van der Waals surface area contributed by atoms with Crippen molar-refractivity contribution in [2.24, 2.45) is 0 Å². The second-order valence-corrected chi connectivity index (χ2v) is 3.49. The zero-order valence-corrected chi connectivity index (χ0v) is 8.36. The first-order valence-electron chi connectivity index (χ1n) is 4.11. The van der Waals surface area contributed by atoms with Crippen LogP contribution >= 0.6 is 11.6 Å². The summed E-state index contributed by atoms with van der Waals surface area (Å²) in [5.41, 5.74) is 0.584. The molecule has 0 radical (unpaired) electrons. The molecule has 5 heteroatoms. The minimum Gasteiger partial charge on any atom is -0.393 e. The zero-order valence-electron chi connectivity index (χ0n) is 7.61. The third-order valence-corrected chi connectivity index (χ3v) is 2.12. The number of aliphatic hydroxyl groups excluding tert-OH is 1. The molecule has 4 nitrogen and oxygen atoms in total. The van der Waals surface area contributed by atoms with E-state index in [1.54, 1.807) is 6.92 Å². The van der Waals surface area contributed by atoms with Gasteiger partial charge < -0.3 is 5.11 Å². The van der Waals surface area contributed by atoms with Crippen molar-refractivity contribution in [3.05, 3.63) is 38.9 Å². The van der Waals surface area contributed by atoms with Crippen LogP contribution in [-0.4, -0.2) is 16.1 Å². The van der Waals surface area contributed by atoms with Crippen LogP contribution in [0, 0.1) is 10.1 Å². The largest absolute Gasteiger partial charge is 0.393 e. The molecule has 0 saturated carbocycles. The normalized spacial score (nSPS) is 12.5. The number of nitro groups is 1. The van der Waals surface area contributed by atoms with Gasteiger partial charge in [0.2, 0.25) is 0 Å². The number of benzene rings is 1. The maximum atomic E-state index is 10.5. The van der Waals surface area contributed by atoms with Crippen LogP contribution in [0.15, 0.2) is 18.2 Å². The molecule has 0 amide bonds. The predicted molar refractivity (Wildman–Crippen MR) is 53.5 cm³/mol. The molecule has 14 heavy (non-hydrogen) atoms. The van der Waals surface area contributed by atoms with Crippen molar-refractivity contribution >= 4 is 17.3 Å². The Morgan fingerprint density at radius 2 is 2.29 bits per heavy atom. The van der Waals surface area contributed by atoms with Crippen molar-refractivity contribution in [1.82, 2.24) is 0 Å². The van der Waals surface area contributed by atoms with E-state index in [1.807, 2.05) is 0 Å². The highest BCUT2D eigenvalue weighted by molar-refractivity contribution is 6.31. The molecule has 1 atom stereocenters. The lowest BCUT2D eigenvalue weighted by atomic mass is 10.1. The third kappa shape index (κ3) is 2.68. The quantitative estimate of drug-likeness (QED) is 0.621. The Kier molecular flexibility index (Phi) is 3.43. The number of rotatable bonds is 3. The molecule has 76 valence electrons. The first kappa shape index (κ1) is 10.9. The van der Waals surface area contributed by atoms with E-state index < -0.39 is 11.0 Å². The van der Waals surface area contributed by atoms with Crippen LogP contribution < -0.4 is 0 Å². The summed E-state index contributed by atoms with van der Waals surface area (Å²) in [5.74, 6) is 0. The van der Waals surface area contributed by atoms with E-state index in [2.05, 4.69) is 0 Å². The monoisotopic (exact) mass is 215 g/mol. The van der Waals surface area contributed by atoms with Crippen molar-refractivity contribution in [3.63, 3.8) is 0 Å². The number of non-ortho nitro benzene ring substituents is 1. The molecule has 0 aliphatic carbocycles. The Labute approximate surface area is 86.3 Å². The van der Waals surface area contributed by atoms with Gasteiger partial charge in [-0.1, -0.05) is 11.6 Å². The lowest BCUT2D eigenvalue weighted by Gasteiger charge is -2.05. The summed E-state index contributed by atoms with van der Waals surface area (Å²) >= 11 is 5.81. The Morgan fingerprint density at radius 3 is 2.79 bits per heavy atom. The average molecular weight is 216 g/mol. The number of aliphatic hydroxyl groups is 1. The summed E-state index contributed by atoms with van der Waals surface area (Å²) < 4.78 is 0. The number of nitrogens with zero attached hydrogens (tertiary/aromatic N) is 1. The number of hydrogen-bond acceptors (Lipinski definition) is 3. The van der Waals surface area contributed by atoms with Crippen molar-refractivity contribution in [1.29, 1.82) is 0 Å². The van der Waals surface area contributed by atoms with Crippen LogP contribution in [0.1, 0.15) is 12.5 Å². The molecule has 0 unspecified atom stereocenters. The van der Waals surface area contributed by atoms with Crippen molar-refractivity contribution < 1.29 is 10.0 Å². The second kappa shape index (κ2) is 4.39. The summed E-state index contributed by atoms with van der Waals surface area (Å²) in [5, 5.41) is 20.0. The smallest absolute Gasteiger partial charge is 0.269 e. The molecule has 0 aliphatic heterocycles. The molecule has 1 aromatic carbocycles. The van der Waals surface area contributed by atoms with Gasteiger partial charge in [0.25, 0.3) is 5.69 Å². The number of halogens is 1. The summed E-state index contributed by atoms with van der Waals surface area (Å²) in [6, 6.07) is 4.19. The van der Waals surface area contributed by atoms with E-state index >= 15 is 0 Å². The van der Waals surface area contributed by atoms with Crippen molar-refractivity contribution in [3.8, 4) is 0 Å². The SMILES string of the molecule is C[C@H](O)Cc1cc([N+](=O)[O-])ccc1Cl. The van der Waals surface area contributed by atoms with Gasteiger partial charge in [0.1, 0.15) is 0 Å². The summed E-state index contributed by atoms with van der Waals surface area (Å²) in [7, 11) is 0. The Hall–Kier alpha value is -1.13. The minimum absolute atomic E-state index is 0.00921. The van der Waals surface area contributed by atoms with Crippen LogP contribution in [0.4, 0.5) is 5.69 Å². The van der Waals surface area contributed by atoms with Crippen LogP contribution in [0.3, 0.4) is 0 Å². The van der Waals surface area contributed by atoms with Gasteiger partial charge >= 0.3 is 0 Å². The van der Waals surface area contributed by atoms with Crippen LogP contribution in [0.25, 0.3) is 0 Å². The molecule has 0 bridgehead atoms. The van der Waals surface area contributed by atoms with Gasteiger partial charge in [-0.05, 0) is 25.0 Å². The standard InChI is InChI=1S/C9H10ClNO3/c1-6(12)4-7-5-8(11(13)14)2-3-9(7)10/h2-3,5-6,12H,4H2,1H3/t6-/m0/s1. The highest BCUT2D eigenvalue weighted by Gasteiger charge is 2.10. The van der Waals surface area contributed by atoms with Gasteiger partial charge in [0.05, 0.1) is 11.0 Å². The molecular weight excluding hydrogens is 206 g/mol. The van der Waals surface area contributed by atoms with E-state index in [-0.39, 0.29) is 5.69 Å². The third-order valence-electron chi connectivity index (χ3n) is 1.76. The fraction of sp³-hybridized carbons (Fsp3) is 0.333. The van der Waals surface area contributed by atoms with Gasteiger partial charge in [0, 0.05) is 17.2 Å². The van der Waals surface area contributed by atoms with Gasteiger partial charge in [0.15, 0.2) is 0 Å². The maximum absolute atomic E-state index is 10.5. The Balaban J connectivity index is 3.02. The number of nitro benzene ring substituents is 1. The molecule has 1 N–H and O–H groups in total. The zero-order chi connectivity index (χ0) is 10.7. The van der Waals surface area contributed by atoms with Gasteiger partial charge in [-0.3, -0.25) is 10.1 Å². The molecular formula is C9H10ClNO3. The molecule has 0 spiro atoms. The van der Waals surface area contributed by atoms with Gasteiger partial charge in [-0.15, -0.1) is 0 Å². The summed E-state index contributed by atoms with van der Waals surface area (Å²) in [6.45, 7) is 1.61. The first-order chi connectivity index (χ1) is 6.50. The molecule has 0 aromatic heterocycles. The van der Waals surface area contributed by atoms with Crippen LogP contribution in [-0.2, 0) is 6.42 Å². The van der Waals surface area contributed by atoms with Gasteiger partial charge in [-0.25, -0.2) is 0 Å². The summed E-state index contributed by atoms with van der Waals surface area (Å²) in [4.78, 5) is 9.97. The van der Waals surface area contributed by atoms with E-state index in [4.69, 9.17) is 16.7 Å². The first-order valence-corrected chi connectivity index (χ1v) is 4.49. The van der Waals surface area contributed by atoms with E-state index in [0.717, 1.165) is 0 Å². The fourth-order valence-corrected chi connectivity index (χ4v) is 1.34. The predicted octanol–water partition coefficient (Wildman–Crippen LogP) is 2.17.